The smallest absolute Gasteiger partial charge is 0.228 e. The summed E-state index contributed by atoms with van der Waals surface area (Å²) in [5.41, 5.74) is 0. The first-order valence-electron chi connectivity index (χ1n) is 8.48. The van der Waals surface area contributed by atoms with Crippen LogP contribution in [0.3, 0.4) is 0 Å². The molecule has 6 heteroatoms. The van der Waals surface area contributed by atoms with Gasteiger partial charge in [0.05, 0.1) is 12.5 Å². The predicted molar refractivity (Wildman–Crippen MR) is 78.2 cm³/mol. The summed E-state index contributed by atoms with van der Waals surface area (Å²) in [6.07, 6.45) is 6.24. The van der Waals surface area contributed by atoms with Crippen LogP contribution in [0.15, 0.2) is 4.52 Å². The van der Waals surface area contributed by atoms with Crippen molar-refractivity contribution in [2.24, 2.45) is 11.8 Å². The molecule has 120 valence electrons. The third kappa shape index (κ3) is 3.02. The molecular weight excluding hydrogens is 282 g/mol. The normalized spacial score (nSPS) is 29.0. The van der Waals surface area contributed by atoms with E-state index in [0.717, 1.165) is 57.1 Å². The van der Waals surface area contributed by atoms with Gasteiger partial charge in [0.2, 0.25) is 11.8 Å². The fourth-order valence-electron chi connectivity index (χ4n) is 3.52. The summed E-state index contributed by atoms with van der Waals surface area (Å²) >= 11 is 0. The molecule has 1 aromatic rings. The average Bonchev–Trinajstić information content (AvgIpc) is 3.05. The number of amides is 1. The zero-order valence-electron chi connectivity index (χ0n) is 12.9. The van der Waals surface area contributed by atoms with Crippen LogP contribution in [0.5, 0.6) is 0 Å². The number of piperidine rings is 1. The summed E-state index contributed by atoms with van der Waals surface area (Å²) in [5, 5.41) is 4.08. The van der Waals surface area contributed by atoms with Crippen LogP contribution in [0.1, 0.15) is 49.7 Å². The molecule has 3 aliphatic rings. The van der Waals surface area contributed by atoms with Crippen LogP contribution in [0, 0.1) is 11.8 Å². The topological polar surface area (TPSA) is 68.5 Å². The fourth-order valence-corrected chi connectivity index (χ4v) is 3.52. The second-order valence-corrected chi connectivity index (χ2v) is 6.88. The van der Waals surface area contributed by atoms with Gasteiger partial charge in [0.25, 0.3) is 0 Å². The highest BCUT2D eigenvalue weighted by molar-refractivity contribution is 5.79. The van der Waals surface area contributed by atoms with Crippen molar-refractivity contribution in [3.05, 3.63) is 11.7 Å². The van der Waals surface area contributed by atoms with Gasteiger partial charge in [0, 0.05) is 32.0 Å². The number of aromatic nitrogens is 2. The Kier molecular flexibility index (Phi) is 3.86. The van der Waals surface area contributed by atoms with Gasteiger partial charge in [0.1, 0.15) is 0 Å². The number of carbonyl (C=O) groups is 1. The van der Waals surface area contributed by atoms with E-state index in [-0.39, 0.29) is 11.8 Å². The van der Waals surface area contributed by atoms with Crippen LogP contribution in [0.2, 0.25) is 0 Å². The maximum absolute atomic E-state index is 12.5. The Bertz CT molecular complexity index is 534. The number of hydrogen-bond donors (Lipinski definition) is 0. The molecule has 0 spiro atoms. The molecule has 0 bridgehead atoms. The summed E-state index contributed by atoms with van der Waals surface area (Å²) in [6.45, 7) is 3.01. The Morgan fingerprint density at radius 3 is 2.95 bits per heavy atom. The highest BCUT2D eigenvalue weighted by Gasteiger charge is 2.32. The Morgan fingerprint density at radius 1 is 1.27 bits per heavy atom. The third-order valence-electron chi connectivity index (χ3n) is 5.00. The molecule has 2 aliphatic heterocycles. The molecule has 3 fully saturated rings. The van der Waals surface area contributed by atoms with E-state index in [1.807, 2.05) is 4.90 Å². The zero-order valence-corrected chi connectivity index (χ0v) is 12.9. The average molecular weight is 305 g/mol. The standard InChI is InChI=1S/C16H23N3O3/c20-16(13-5-7-21-10-13)19-6-1-2-11(9-19)8-14-17-15(18-22-14)12-3-4-12/h11-13H,1-10H2/t11-,13-/m0/s1. The van der Waals surface area contributed by atoms with E-state index in [1.165, 1.54) is 12.8 Å². The largest absolute Gasteiger partial charge is 0.381 e. The van der Waals surface area contributed by atoms with Crippen molar-refractivity contribution in [2.75, 3.05) is 26.3 Å². The molecular formula is C16H23N3O3. The van der Waals surface area contributed by atoms with E-state index in [4.69, 9.17) is 9.26 Å². The van der Waals surface area contributed by atoms with Gasteiger partial charge in [-0.25, -0.2) is 0 Å². The highest BCUT2D eigenvalue weighted by Crippen LogP contribution is 2.38. The Morgan fingerprint density at radius 2 is 2.18 bits per heavy atom. The Labute approximate surface area is 130 Å². The van der Waals surface area contributed by atoms with Gasteiger partial charge in [0.15, 0.2) is 5.82 Å². The molecule has 1 aliphatic carbocycles. The van der Waals surface area contributed by atoms with Crippen LogP contribution in [-0.4, -0.2) is 47.3 Å². The van der Waals surface area contributed by atoms with Crippen molar-refractivity contribution in [1.82, 2.24) is 15.0 Å². The van der Waals surface area contributed by atoms with Crippen molar-refractivity contribution in [3.8, 4) is 0 Å². The van der Waals surface area contributed by atoms with Gasteiger partial charge in [-0.2, -0.15) is 4.98 Å². The molecule has 1 amide bonds. The van der Waals surface area contributed by atoms with Gasteiger partial charge in [-0.05, 0) is 38.0 Å². The summed E-state index contributed by atoms with van der Waals surface area (Å²) in [6, 6.07) is 0. The molecule has 0 radical (unpaired) electrons. The Hall–Kier alpha value is -1.43. The predicted octanol–water partition coefficient (Wildman–Crippen LogP) is 1.76. The summed E-state index contributed by atoms with van der Waals surface area (Å²) in [4.78, 5) is 19.0. The van der Waals surface area contributed by atoms with Crippen LogP contribution in [-0.2, 0) is 16.0 Å². The zero-order chi connectivity index (χ0) is 14.9. The number of rotatable bonds is 4. The van der Waals surface area contributed by atoms with Gasteiger partial charge in [-0.15, -0.1) is 0 Å². The number of nitrogens with zero attached hydrogens (tertiary/aromatic N) is 3. The fraction of sp³-hybridized carbons (Fsp3) is 0.812. The van der Waals surface area contributed by atoms with E-state index in [0.29, 0.717) is 18.4 Å². The first-order valence-corrected chi connectivity index (χ1v) is 8.48. The monoisotopic (exact) mass is 305 g/mol. The van der Waals surface area contributed by atoms with Crippen LogP contribution >= 0.6 is 0 Å². The lowest BCUT2D eigenvalue weighted by atomic mass is 9.93. The molecule has 2 atom stereocenters. The van der Waals surface area contributed by atoms with Crippen LogP contribution in [0.4, 0.5) is 0 Å². The van der Waals surface area contributed by atoms with Crippen molar-refractivity contribution >= 4 is 5.91 Å². The minimum atomic E-state index is 0.0728. The number of hydrogen-bond acceptors (Lipinski definition) is 5. The molecule has 0 aromatic carbocycles. The van der Waals surface area contributed by atoms with Gasteiger partial charge in [-0.3, -0.25) is 4.79 Å². The van der Waals surface area contributed by atoms with Gasteiger partial charge >= 0.3 is 0 Å². The van der Waals surface area contributed by atoms with E-state index >= 15 is 0 Å². The van der Waals surface area contributed by atoms with Crippen molar-refractivity contribution < 1.29 is 14.1 Å². The summed E-state index contributed by atoms with van der Waals surface area (Å²) in [5.74, 6) is 2.93. The molecule has 0 unspecified atom stereocenters. The van der Waals surface area contributed by atoms with Gasteiger partial charge in [-0.1, -0.05) is 5.16 Å². The van der Waals surface area contributed by atoms with Crippen molar-refractivity contribution in [3.63, 3.8) is 0 Å². The second kappa shape index (κ2) is 5.99. The first-order chi connectivity index (χ1) is 10.8. The molecule has 2 saturated heterocycles. The molecule has 22 heavy (non-hydrogen) atoms. The molecule has 1 aromatic heterocycles. The Balaban J connectivity index is 1.34. The number of carbonyl (C=O) groups excluding carboxylic acids is 1. The minimum Gasteiger partial charge on any atom is -0.381 e. The molecule has 6 nitrogen and oxygen atoms in total. The van der Waals surface area contributed by atoms with Gasteiger partial charge < -0.3 is 14.2 Å². The van der Waals surface area contributed by atoms with E-state index in [9.17, 15) is 4.79 Å². The number of ether oxygens (including phenoxy) is 1. The quantitative estimate of drug-likeness (QED) is 0.848. The van der Waals surface area contributed by atoms with E-state index in [2.05, 4.69) is 10.1 Å². The van der Waals surface area contributed by atoms with Crippen LogP contribution in [0.25, 0.3) is 0 Å². The second-order valence-electron chi connectivity index (χ2n) is 6.88. The maximum Gasteiger partial charge on any atom is 0.228 e. The molecule has 3 heterocycles. The lowest BCUT2D eigenvalue weighted by Crippen LogP contribution is -2.43. The summed E-state index contributed by atoms with van der Waals surface area (Å²) in [7, 11) is 0. The maximum atomic E-state index is 12.5. The lowest BCUT2D eigenvalue weighted by Gasteiger charge is -2.33. The lowest BCUT2D eigenvalue weighted by molar-refractivity contribution is -0.137. The molecule has 0 N–H and O–H groups in total. The van der Waals surface area contributed by atoms with E-state index < -0.39 is 0 Å². The molecule has 1 saturated carbocycles. The van der Waals surface area contributed by atoms with Crippen LogP contribution < -0.4 is 0 Å². The molecule has 4 rings (SSSR count). The van der Waals surface area contributed by atoms with E-state index in [1.54, 1.807) is 0 Å². The SMILES string of the molecule is O=C([C@H]1CCOC1)N1CCC[C@@H](Cc2nc(C3CC3)no2)C1. The number of likely N-dealkylation sites (tertiary alicyclic amines) is 1. The van der Waals surface area contributed by atoms with Crippen molar-refractivity contribution in [2.45, 2.75) is 44.4 Å². The minimum absolute atomic E-state index is 0.0728. The van der Waals surface area contributed by atoms with Crippen molar-refractivity contribution in [1.29, 1.82) is 0 Å². The summed E-state index contributed by atoms with van der Waals surface area (Å²) < 4.78 is 10.7. The highest BCUT2D eigenvalue weighted by atomic mass is 16.5. The first kappa shape index (κ1) is 14.2. The third-order valence-corrected chi connectivity index (χ3v) is 5.00.